The van der Waals surface area contributed by atoms with E-state index >= 15 is 0 Å². The average molecular weight is 525 g/mol. The predicted octanol–water partition coefficient (Wildman–Crippen LogP) is 3.30. The van der Waals surface area contributed by atoms with Crippen LogP contribution in [0, 0.1) is 17.3 Å². The van der Waals surface area contributed by atoms with Gasteiger partial charge in [0.25, 0.3) is 0 Å². The molecule has 1 fully saturated rings. The van der Waals surface area contributed by atoms with Crippen molar-refractivity contribution < 1.29 is 44.3 Å². The van der Waals surface area contributed by atoms with Gasteiger partial charge < -0.3 is 29.9 Å². The second-order valence-corrected chi connectivity index (χ2v) is 11.9. The summed E-state index contributed by atoms with van der Waals surface area (Å²) in [6.07, 6.45) is 2.68. The fourth-order valence-electron chi connectivity index (χ4n) is 5.96. The van der Waals surface area contributed by atoms with Crippen LogP contribution in [0.25, 0.3) is 0 Å². The summed E-state index contributed by atoms with van der Waals surface area (Å²) in [5, 5.41) is 40.8. The highest BCUT2D eigenvalue weighted by molar-refractivity contribution is 5.74. The van der Waals surface area contributed by atoms with Crippen molar-refractivity contribution in [1.82, 2.24) is 0 Å². The van der Waals surface area contributed by atoms with E-state index in [0.717, 1.165) is 6.42 Å². The van der Waals surface area contributed by atoms with Gasteiger partial charge in [0.15, 0.2) is 0 Å². The minimum Gasteiger partial charge on any atom is -0.481 e. The number of rotatable bonds is 8. The van der Waals surface area contributed by atoms with Gasteiger partial charge in [0.1, 0.15) is 12.7 Å². The summed E-state index contributed by atoms with van der Waals surface area (Å²) in [7, 11) is 0. The summed E-state index contributed by atoms with van der Waals surface area (Å²) in [6, 6.07) is 0. The molecule has 0 amide bonds. The fourth-order valence-corrected chi connectivity index (χ4v) is 5.96. The molecule has 6 atom stereocenters. The molecule has 0 spiro atoms. The Morgan fingerprint density at radius 1 is 1.11 bits per heavy atom. The molecule has 2 rings (SSSR count). The molecule has 210 valence electrons. The largest absolute Gasteiger partial charge is 0.481 e. The number of carbonyl (C=O) groups excluding carboxylic acids is 2. The molecule has 4 N–H and O–H groups in total. The van der Waals surface area contributed by atoms with Crippen molar-refractivity contribution in [2.75, 3.05) is 6.61 Å². The van der Waals surface area contributed by atoms with Crippen molar-refractivity contribution in [3.05, 3.63) is 23.8 Å². The summed E-state index contributed by atoms with van der Waals surface area (Å²) in [6.45, 7) is 12.2. The predicted molar refractivity (Wildman–Crippen MR) is 136 cm³/mol. The lowest BCUT2D eigenvalue weighted by Gasteiger charge is -2.42. The van der Waals surface area contributed by atoms with Gasteiger partial charge >= 0.3 is 17.9 Å². The highest BCUT2D eigenvalue weighted by Gasteiger charge is 2.54. The quantitative estimate of drug-likeness (QED) is 0.277. The van der Waals surface area contributed by atoms with Crippen molar-refractivity contribution in [1.29, 1.82) is 0 Å². The van der Waals surface area contributed by atoms with Crippen LogP contribution in [0.4, 0.5) is 0 Å². The van der Waals surface area contributed by atoms with Crippen LogP contribution in [0.15, 0.2) is 23.8 Å². The smallest absolute Gasteiger partial charge is 0.309 e. The standard InChI is InChI=1S/C28H44O9/c1-17-7-9-21-20(26(3,4)34)11-12-28(21,6)23(37-18(2)29)13-19(8-10-22(17)30)16-36-25(33)15-27(5,35)14-24(31)32/h13,20-23,30,34-35H,1,7-12,14-16H2,2-6H3,(H,31,32)/b19-13+/t20-,21+,22+,23?,27?,28+/m0/s1. The Labute approximate surface area is 219 Å². The van der Waals surface area contributed by atoms with Crippen molar-refractivity contribution in [2.45, 2.75) is 109 Å². The summed E-state index contributed by atoms with van der Waals surface area (Å²) in [4.78, 5) is 35.5. The normalized spacial score (nSPS) is 32.2. The third kappa shape index (κ3) is 8.65. The van der Waals surface area contributed by atoms with E-state index in [1.54, 1.807) is 19.9 Å². The molecule has 0 radical (unpaired) electrons. The van der Waals surface area contributed by atoms with E-state index in [1.807, 2.05) is 0 Å². The van der Waals surface area contributed by atoms with E-state index in [-0.39, 0.29) is 18.4 Å². The molecule has 9 heteroatoms. The van der Waals surface area contributed by atoms with Gasteiger partial charge in [0, 0.05) is 12.3 Å². The first-order valence-corrected chi connectivity index (χ1v) is 13.0. The number of fused-ring (bicyclic) bond motifs is 1. The molecule has 1 saturated carbocycles. The zero-order valence-electron chi connectivity index (χ0n) is 22.8. The molecule has 0 aromatic heterocycles. The first-order valence-electron chi connectivity index (χ1n) is 13.0. The number of carboxylic acid groups (broad SMARTS) is 1. The van der Waals surface area contributed by atoms with E-state index in [2.05, 4.69) is 13.5 Å². The summed E-state index contributed by atoms with van der Waals surface area (Å²) in [5.41, 5.74) is -1.88. The number of hydrogen-bond donors (Lipinski definition) is 4. The fraction of sp³-hybridized carbons (Fsp3) is 0.750. The maximum atomic E-state index is 12.4. The number of aliphatic hydroxyl groups is 3. The number of esters is 2. The Kier molecular flexibility index (Phi) is 10.1. The molecule has 0 bridgehead atoms. The van der Waals surface area contributed by atoms with Crippen LogP contribution < -0.4 is 0 Å². The van der Waals surface area contributed by atoms with E-state index in [4.69, 9.17) is 14.6 Å². The van der Waals surface area contributed by atoms with Gasteiger partial charge in [-0.05, 0) is 88.4 Å². The first kappa shape index (κ1) is 31.0. The Hall–Kier alpha value is -2.23. The van der Waals surface area contributed by atoms with Crippen LogP contribution in [-0.4, -0.2) is 68.4 Å². The van der Waals surface area contributed by atoms with Crippen molar-refractivity contribution >= 4 is 17.9 Å². The molecule has 2 aliphatic carbocycles. The zero-order chi connectivity index (χ0) is 28.2. The lowest BCUT2D eigenvalue weighted by atomic mass is 9.67. The van der Waals surface area contributed by atoms with Gasteiger partial charge in [0.2, 0.25) is 0 Å². The van der Waals surface area contributed by atoms with Crippen molar-refractivity contribution in [2.24, 2.45) is 17.3 Å². The monoisotopic (exact) mass is 524 g/mol. The number of carbonyl (C=O) groups is 3. The van der Waals surface area contributed by atoms with Crippen LogP contribution >= 0.6 is 0 Å². The molecule has 0 aromatic rings. The van der Waals surface area contributed by atoms with Gasteiger partial charge in [-0.3, -0.25) is 14.4 Å². The van der Waals surface area contributed by atoms with E-state index in [9.17, 15) is 29.7 Å². The first-order chi connectivity index (χ1) is 16.9. The Balaban J connectivity index is 2.39. The topological polar surface area (TPSA) is 151 Å². The van der Waals surface area contributed by atoms with Crippen LogP contribution in [0.3, 0.4) is 0 Å². The molecule has 37 heavy (non-hydrogen) atoms. The second kappa shape index (κ2) is 12.1. The van der Waals surface area contributed by atoms with Crippen LogP contribution in [0.2, 0.25) is 0 Å². The average Bonchev–Trinajstić information content (AvgIpc) is 3.08. The molecular formula is C28H44O9. The third-order valence-electron chi connectivity index (χ3n) is 8.03. The summed E-state index contributed by atoms with van der Waals surface area (Å²) in [5.74, 6) is -2.51. The summed E-state index contributed by atoms with van der Waals surface area (Å²) < 4.78 is 11.2. The minimum atomic E-state index is -1.75. The molecule has 2 unspecified atom stereocenters. The molecule has 0 heterocycles. The minimum absolute atomic E-state index is 0.0231. The van der Waals surface area contributed by atoms with Gasteiger partial charge in [-0.2, -0.15) is 0 Å². The lowest BCUT2D eigenvalue weighted by Crippen LogP contribution is -2.43. The van der Waals surface area contributed by atoms with Crippen LogP contribution in [0.1, 0.15) is 86.0 Å². The number of hydrogen-bond acceptors (Lipinski definition) is 8. The molecular weight excluding hydrogens is 480 g/mol. The third-order valence-corrected chi connectivity index (χ3v) is 8.03. The van der Waals surface area contributed by atoms with Gasteiger partial charge in [0.05, 0.1) is 30.1 Å². The highest BCUT2D eigenvalue weighted by Crippen LogP contribution is 2.56. The van der Waals surface area contributed by atoms with Crippen LogP contribution in [0.5, 0.6) is 0 Å². The molecule has 0 saturated heterocycles. The summed E-state index contributed by atoms with van der Waals surface area (Å²) >= 11 is 0. The number of aliphatic hydroxyl groups excluding tert-OH is 1. The van der Waals surface area contributed by atoms with E-state index in [0.29, 0.717) is 43.3 Å². The SMILES string of the molecule is C=C1CC[C@@H]2[C@@H](C(C)(C)O)CC[C@@]2(C)C(OC(C)=O)/C=C(/COC(=O)CC(C)(O)CC(=O)O)CC[C@H]1O. The van der Waals surface area contributed by atoms with Crippen molar-refractivity contribution in [3.8, 4) is 0 Å². The van der Waals surface area contributed by atoms with Gasteiger partial charge in [-0.15, -0.1) is 0 Å². The Morgan fingerprint density at radius 3 is 2.32 bits per heavy atom. The maximum absolute atomic E-state index is 12.4. The number of aliphatic carboxylic acids is 1. The molecule has 2 aliphatic rings. The Bertz CT molecular complexity index is 898. The van der Waals surface area contributed by atoms with E-state index in [1.165, 1.54) is 13.8 Å². The zero-order valence-corrected chi connectivity index (χ0v) is 22.8. The van der Waals surface area contributed by atoms with Gasteiger partial charge in [-0.1, -0.05) is 13.5 Å². The number of carboxylic acids is 1. The molecule has 0 aliphatic heterocycles. The number of ether oxygens (including phenoxy) is 2. The van der Waals surface area contributed by atoms with Crippen molar-refractivity contribution in [3.63, 3.8) is 0 Å². The highest BCUT2D eigenvalue weighted by atomic mass is 16.5. The lowest BCUT2D eigenvalue weighted by molar-refractivity contribution is -0.153. The molecule has 0 aromatic carbocycles. The van der Waals surface area contributed by atoms with Crippen LogP contribution in [-0.2, 0) is 23.9 Å². The maximum Gasteiger partial charge on any atom is 0.309 e. The van der Waals surface area contributed by atoms with E-state index < -0.39 is 59.6 Å². The Morgan fingerprint density at radius 2 is 1.76 bits per heavy atom. The molecule has 9 nitrogen and oxygen atoms in total. The second-order valence-electron chi connectivity index (χ2n) is 11.9. The van der Waals surface area contributed by atoms with Gasteiger partial charge in [-0.25, -0.2) is 0 Å².